The van der Waals surface area contributed by atoms with Crippen molar-refractivity contribution >= 4 is 16.3 Å². The maximum absolute atomic E-state index is 5.45. The first-order chi connectivity index (χ1) is 5.85. The van der Waals surface area contributed by atoms with Crippen molar-refractivity contribution in [2.75, 3.05) is 0 Å². The number of rotatable bonds is 2. The van der Waals surface area contributed by atoms with E-state index in [0.29, 0.717) is 6.54 Å². The highest BCUT2D eigenvalue weighted by atomic mass is 32.1. The summed E-state index contributed by atoms with van der Waals surface area (Å²) in [5.74, 6) is 0.890. The molecular weight excluding hydrogens is 174 g/mol. The minimum atomic E-state index is 0.469. The Labute approximate surface area is 73.2 Å². The van der Waals surface area contributed by atoms with Crippen LogP contribution in [0.15, 0.2) is 0 Å². The minimum Gasteiger partial charge on any atom is -0.324 e. The van der Waals surface area contributed by atoms with Crippen LogP contribution >= 0.6 is 11.3 Å². The highest BCUT2D eigenvalue weighted by Crippen LogP contribution is 2.12. The average molecular weight is 183 g/mol. The van der Waals surface area contributed by atoms with Crippen molar-refractivity contribution in [3.63, 3.8) is 0 Å². The van der Waals surface area contributed by atoms with Gasteiger partial charge in [0.2, 0.25) is 4.96 Å². The standard InChI is InChI=1S/C6H9N5S/c1-2-4-8-9-6-11(4)10-5(3-7)12-6/h2-3,7H2,1H3. The Balaban J connectivity index is 2.60. The smallest absolute Gasteiger partial charge is 0.234 e. The molecular formula is C6H9N5S. The summed E-state index contributed by atoms with van der Waals surface area (Å²) in [4.78, 5) is 0.826. The third-order valence-electron chi connectivity index (χ3n) is 1.59. The van der Waals surface area contributed by atoms with Crippen LogP contribution in [0.1, 0.15) is 17.8 Å². The maximum Gasteiger partial charge on any atom is 0.234 e. The summed E-state index contributed by atoms with van der Waals surface area (Å²) in [6.07, 6.45) is 0.842. The second-order valence-corrected chi connectivity index (χ2v) is 3.40. The van der Waals surface area contributed by atoms with Gasteiger partial charge in [0.25, 0.3) is 0 Å². The number of fused-ring (bicyclic) bond motifs is 1. The van der Waals surface area contributed by atoms with E-state index in [2.05, 4.69) is 15.3 Å². The molecule has 0 saturated heterocycles. The Bertz CT molecular complexity index is 389. The molecule has 2 heterocycles. The summed E-state index contributed by atoms with van der Waals surface area (Å²) in [5, 5.41) is 13.1. The van der Waals surface area contributed by atoms with Crippen LogP contribution in [-0.2, 0) is 13.0 Å². The van der Waals surface area contributed by atoms with Crippen molar-refractivity contribution in [3.8, 4) is 0 Å². The molecule has 12 heavy (non-hydrogen) atoms. The van der Waals surface area contributed by atoms with Crippen molar-refractivity contribution in [1.29, 1.82) is 0 Å². The predicted molar refractivity (Wildman–Crippen MR) is 45.9 cm³/mol. The van der Waals surface area contributed by atoms with E-state index in [1.54, 1.807) is 4.52 Å². The Hall–Kier alpha value is -1.01. The van der Waals surface area contributed by atoms with E-state index < -0.39 is 0 Å². The van der Waals surface area contributed by atoms with E-state index in [9.17, 15) is 0 Å². The maximum atomic E-state index is 5.45. The summed E-state index contributed by atoms with van der Waals surface area (Å²) in [5.41, 5.74) is 5.45. The van der Waals surface area contributed by atoms with Gasteiger partial charge in [-0.1, -0.05) is 18.3 Å². The van der Waals surface area contributed by atoms with Gasteiger partial charge < -0.3 is 5.73 Å². The Morgan fingerprint density at radius 3 is 3.00 bits per heavy atom. The minimum absolute atomic E-state index is 0.469. The zero-order valence-electron chi connectivity index (χ0n) is 6.69. The van der Waals surface area contributed by atoms with E-state index in [-0.39, 0.29) is 0 Å². The van der Waals surface area contributed by atoms with E-state index >= 15 is 0 Å². The van der Waals surface area contributed by atoms with Crippen molar-refractivity contribution in [2.24, 2.45) is 5.73 Å². The molecule has 5 nitrogen and oxygen atoms in total. The Morgan fingerprint density at radius 2 is 2.33 bits per heavy atom. The van der Waals surface area contributed by atoms with Gasteiger partial charge in [-0.3, -0.25) is 0 Å². The van der Waals surface area contributed by atoms with Crippen molar-refractivity contribution in [1.82, 2.24) is 19.8 Å². The number of hydrogen-bond acceptors (Lipinski definition) is 5. The normalized spacial score (nSPS) is 11.2. The fourth-order valence-corrected chi connectivity index (χ4v) is 1.73. The first-order valence-corrected chi connectivity index (χ1v) is 4.57. The summed E-state index contributed by atoms with van der Waals surface area (Å²) < 4.78 is 1.76. The lowest BCUT2D eigenvalue weighted by atomic mass is 10.5. The van der Waals surface area contributed by atoms with Gasteiger partial charge in [-0.2, -0.15) is 9.61 Å². The van der Waals surface area contributed by atoms with Gasteiger partial charge in [0, 0.05) is 13.0 Å². The molecule has 64 valence electrons. The number of nitrogens with zero attached hydrogens (tertiary/aromatic N) is 4. The molecule has 0 radical (unpaired) electrons. The molecule has 0 aliphatic heterocycles. The molecule has 0 unspecified atom stereocenters. The largest absolute Gasteiger partial charge is 0.324 e. The fourth-order valence-electron chi connectivity index (χ4n) is 1.00. The third-order valence-corrected chi connectivity index (χ3v) is 2.51. The molecule has 0 aliphatic carbocycles. The molecule has 0 spiro atoms. The molecule has 2 aromatic rings. The van der Waals surface area contributed by atoms with Crippen LogP contribution in [0, 0.1) is 0 Å². The molecule has 0 amide bonds. The predicted octanol–water partition coefficient (Wildman–Crippen LogP) is 0.207. The van der Waals surface area contributed by atoms with Crippen LogP contribution in [0.4, 0.5) is 0 Å². The third kappa shape index (κ3) is 0.997. The first kappa shape index (κ1) is 7.63. The van der Waals surface area contributed by atoms with Gasteiger partial charge in [-0.15, -0.1) is 10.2 Å². The van der Waals surface area contributed by atoms with E-state index in [4.69, 9.17) is 5.73 Å². The molecule has 0 atom stereocenters. The van der Waals surface area contributed by atoms with E-state index in [0.717, 1.165) is 22.2 Å². The number of aromatic nitrogens is 4. The summed E-state index contributed by atoms with van der Waals surface area (Å²) in [6, 6.07) is 0. The Kier molecular flexibility index (Phi) is 1.78. The van der Waals surface area contributed by atoms with Gasteiger partial charge in [-0.05, 0) is 0 Å². The van der Waals surface area contributed by atoms with Crippen molar-refractivity contribution in [3.05, 3.63) is 10.8 Å². The van der Waals surface area contributed by atoms with Crippen LogP contribution in [-0.4, -0.2) is 19.8 Å². The number of nitrogens with two attached hydrogens (primary N) is 1. The van der Waals surface area contributed by atoms with E-state index in [1.165, 1.54) is 11.3 Å². The van der Waals surface area contributed by atoms with Crippen molar-refractivity contribution in [2.45, 2.75) is 19.9 Å². The highest BCUT2D eigenvalue weighted by molar-refractivity contribution is 7.16. The quantitative estimate of drug-likeness (QED) is 0.722. The topological polar surface area (TPSA) is 69.1 Å². The SMILES string of the molecule is CCc1nnc2sc(CN)nn12. The molecule has 0 aliphatic rings. The van der Waals surface area contributed by atoms with Crippen LogP contribution in [0.3, 0.4) is 0 Å². The van der Waals surface area contributed by atoms with E-state index in [1.807, 2.05) is 6.92 Å². The van der Waals surface area contributed by atoms with Crippen molar-refractivity contribution < 1.29 is 0 Å². The molecule has 6 heteroatoms. The second kappa shape index (κ2) is 2.80. The lowest BCUT2D eigenvalue weighted by Gasteiger charge is -1.86. The monoisotopic (exact) mass is 183 g/mol. The molecule has 2 rings (SSSR count). The highest BCUT2D eigenvalue weighted by Gasteiger charge is 2.08. The van der Waals surface area contributed by atoms with Gasteiger partial charge >= 0.3 is 0 Å². The molecule has 2 aromatic heterocycles. The summed E-state index contributed by atoms with van der Waals surface area (Å²) in [7, 11) is 0. The fraction of sp³-hybridized carbons (Fsp3) is 0.500. The summed E-state index contributed by atoms with van der Waals surface area (Å²) in [6.45, 7) is 2.50. The lowest BCUT2D eigenvalue weighted by molar-refractivity contribution is 0.809. The molecule has 0 aromatic carbocycles. The van der Waals surface area contributed by atoms with Crippen LogP contribution in [0.5, 0.6) is 0 Å². The first-order valence-electron chi connectivity index (χ1n) is 3.75. The van der Waals surface area contributed by atoms with Crippen LogP contribution in [0.2, 0.25) is 0 Å². The molecule has 0 saturated carbocycles. The average Bonchev–Trinajstić information content (AvgIpc) is 2.61. The Morgan fingerprint density at radius 1 is 1.50 bits per heavy atom. The molecule has 0 fully saturated rings. The summed E-state index contributed by atoms with van der Waals surface area (Å²) >= 11 is 1.49. The van der Waals surface area contributed by atoms with Gasteiger partial charge in [0.05, 0.1) is 0 Å². The van der Waals surface area contributed by atoms with Gasteiger partial charge in [0.1, 0.15) is 5.01 Å². The molecule has 2 N–H and O–H groups in total. The number of aryl methyl sites for hydroxylation is 1. The van der Waals surface area contributed by atoms with Gasteiger partial charge in [-0.25, -0.2) is 0 Å². The zero-order valence-corrected chi connectivity index (χ0v) is 7.51. The zero-order chi connectivity index (χ0) is 8.55. The van der Waals surface area contributed by atoms with Gasteiger partial charge in [0.15, 0.2) is 5.82 Å². The number of hydrogen-bond donors (Lipinski definition) is 1. The van der Waals surface area contributed by atoms with Crippen LogP contribution in [0.25, 0.3) is 4.96 Å². The molecule has 0 bridgehead atoms. The van der Waals surface area contributed by atoms with Crippen LogP contribution < -0.4 is 5.73 Å². The second-order valence-electron chi connectivity index (χ2n) is 2.36. The lowest BCUT2D eigenvalue weighted by Crippen LogP contribution is -1.98.